The summed E-state index contributed by atoms with van der Waals surface area (Å²) in [5.41, 5.74) is 0. The summed E-state index contributed by atoms with van der Waals surface area (Å²) in [4.78, 5) is 4.61. The van der Waals surface area contributed by atoms with Crippen molar-refractivity contribution in [1.29, 1.82) is 0 Å². The summed E-state index contributed by atoms with van der Waals surface area (Å²) in [5, 5.41) is 11.2. The maximum atomic E-state index is 9.40. The van der Waals surface area contributed by atoms with Crippen molar-refractivity contribution in [1.82, 2.24) is 0 Å². The molecule has 0 fully saturated rings. The van der Waals surface area contributed by atoms with Crippen LogP contribution in [0.1, 0.15) is 0 Å². The molecule has 0 spiro atoms. The van der Waals surface area contributed by atoms with E-state index in [2.05, 4.69) is 4.84 Å². The van der Waals surface area contributed by atoms with Crippen LogP contribution in [0.2, 0.25) is 0 Å². The van der Waals surface area contributed by atoms with Crippen LogP contribution in [-0.2, 0) is 0 Å². The standard InChI is InChI=1S/C10H9NO2/c11-13-10-8-4-2-1-3-7(8)5-6-9(10)12/h1-6,12H,11H2. The Bertz CT molecular complexity index is 440. The van der Waals surface area contributed by atoms with E-state index in [0.717, 1.165) is 10.8 Å². The summed E-state index contributed by atoms with van der Waals surface area (Å²) in [6.07, 6.45) is 0. The SMILES string of the molecule is NOc1c(O)ccc2ccccc12. The van der Waals surface area contributed by atoms with Crippen LogP contribution < -0.4 is 10.7 Å². The van der Waals surface area contributed by atoms with E-state index >= 15 is 0 Å². The summed E-state index contributed by atoms with van der Waals surface area (Å²) in [7, 11) is 0. The minimum atomic E-state index is 0.0567. The van der Waals surface area contributed by atoms with Gasteiger partial charge in [-0.25, -0.2) is 0 Å². The van der Waals surface area contributed by atoms with E-state index in [0.29, 0.717) is 5.75 Å². The fraction of sp³-hybridized carbons (Fsp3) is 0. The first-order valence-electron chi connectivity index (χ1n) is 3.90. The Hall–Kier alpha value is -1.74. The van der Waals surface area contributed by atoms with Gasteiger partial charge in [0.15, 0.2) is 11.5 Å². The van der Waals surface area contributed by atoms with Gasteiger partial charge in [0.1, 0.15) is 0 Å². The van der Waals surface area contributed by atoms with E-state index in [9.17, 15) is 5.11 Å². The predicted octanol–water partition coefficient (Wildman–Crippen LogP) is 1.80. The molecule has 2 aromatic rings. The molecular formula is C10H9NO2. The smallest absolute Gasteiger partial charge is 0.196 e. The quantitative estimate of drug-likeness (QED) is 0.650. The van der Waals surface area contributed by atoms with Gasteiger partial charge in [-0.1, -0.05) is 30.3 Å². The van der Waals surface area contributed by atoms with Crippen molar-refractivity contribution < 1.29 is 9.94 Å². The Labute approximate surface area is 75.3 Å². The molecular weight excluding hydrogens is 166 g/mol. The zero-order valence-electron chi connectivity index (χ0n) is 6.90. The van der Waals surface area contributed by atoms with Crippen molar-refractivity contribution in [3.63, 3.8) is 0 Å². The van der Waals surface area contributed by atoms with Gasteiger partial charge in [0.25, 0.3) is 0 Å². The van der Waals surface area contributed by atoms with Gasteiger partial charge in [0, 0.05) is 5.39 Å². The molecule has 0 heterocycles. The third-order valence-corrected chi connectivity index (χ3v) is 1.98. The van der Waals surface area contributed by atoms with Gasteiger partial charge < -0.3 is 9.94 Å². The second-order valence-corrected chi connectivity index (χ2v) is 2.75. The Kier molecular flexibility index (Phi) is 1.79. The Balaban J connectivity index is 2.84. The second kappa shape index (κ2) is 2.95. The lowest BCUT2D eigenvalue weighted by Gasteiger charge is -2.05. The van der Waals surface area contributed by atoms with E-state index in [4.69, 9.17) is 5.90 Å². The van der Waals surface area contributed by atoms with Gasteiger partial charge in [-0.3, -0.25) is 0 Å². The van der Waals surface area contributed by atoms with Gasteiger partial charge in [-0.15, -0.1) is 0 Å². The highest BCUT2D eigenvalue weighted by Gasteiger charge is 2.05. The van der Waals surface area contributed by atoms with Crippen molar-refractivity contribution in [2.75, 3.05) is 0 Å². The number of hydrogen-bond donors (Lipinski definition) is 2. The summed E-state index contributed by atoms with van der Waals surface area (Å²) >= 11 is 0. The maximum absolute atomic E-state index is 9.40. The largest absolute Gasteiger partial charge is 0.504 e. The first kappa shape index (κ1) is 7.89. The van der Waals surface area contributed by atoms with E-state index in [1.807, 2.05) is 30.3 Å². The minimum absolute atomic E-state index is 0.0567. The fourth-order valence-corrected chi connectivity index (χ4v) is 1.36. The van der Waals surface area contributed by atoms with Crippen molar-refractivity contribution >= 4 is 10.8 Å². The normalized spacial score (nSPS) is 10.2. The highest BCUT2D eigenvalue weighted by molar-refractivity contribution is 5.90. The summed E-state index contributed by atoms with van der Waals surface area (Å²) in [5.74, 6) is 5.43. The molecule has 13 heavy (non-hydrogen) atoms. The molecule has 3 heteroatoms. The molecule has 3 nitrogen and oxygen atoms in total. The van der Waals surface area contributed by atoms with Crippen LogP contribution >= 0.6 is 0 Å². The number of phenolic OH excluding ortho intramolecular Hbond substituents is 1. The van der Waals surface area contributed by atoms with Gasteiger partial charge in [-0.05, 0) is 11.5 Å². The topological polar surface area (TPSA) is 55.5 Å². The highest BCUT2D eigenvalue weighted by atomic mass is 16.6. The Morgan fingerprint density at radius 3 is 2.62 bits per heavy atom. The number of benzene rings is 2. The Morgan fingerprint density at radius 2 is 1.85 bits per heavy atom. The number of rotatable bonds is 1. The molecule has 0 radical (unpaired) electrons. The van der Waals surface area contributed by atoms with Crippen LogP contribution in [0.25, 0.3) is 10.8 Å². The lowest BCUT2D eigenvalue weighted by Crippen LogP contribution is -2.02. The van der Waals surface area contributed by atoms with Crippen LogP contribution in [0.5, 0.6) is 11.5 Å². The molecule has 0 aliphatic heterocycles. The van der Waals surface area contributed by atoms with Crippen LogP contribution in [-0.4, -0.2) is 5.11 Å². The lowest BCUT2D eigenvalue weighted by atomic mass is 10.1. The van der Waals surface area contributed by atoms with Gasteiger partial charge in [-0.2, -0.15) is 5.90 Å². The third-order valence-electron chi connectivity index (χ3n) is 1.98. The lowest BCUT2D eigenvalue weighted by molar-refractivity contribution is 0.317. The van der Waals surface area contributed by atoms with Crippen molar-refractivity contribution in [3.8, 4) is 11.5 Å². The van der Waals surface area contributed by atoms with E-state index in [-0.39, 0.29) is 5.75 Å². The number of nitrogens with two attached hydrogens (primary N) is 1. The molecule has 0 unspecified atom stereocenters. The molecule has 0 atom stereocenters. The molecule has 2 rings (SSSR count). The van der Waals surface area contributed by atoms with Crippen molar-refractivity contribution in [3.05, 3.63) is 36.4 Å². The zero-order valence-corrected chi connectivity index (χ0v) is 6.90. The second-order valence-electron chi connectivity index (χ2n) is 2.75. The van der Waals surface area contributed by atoms with Gasteiger partial charge in [0.2, 0.25) is 0 Å². The molecule has 66 valence electrons. The van der Waals surface area contributed by atoms with Gasteiger partial charge in [0.05, 0.1) is 0 Å². The van der Waals surface area contributed by atoms with E-state index in [1.165, 1.54) is 0 Å². The fourth-order valence-electron chi connectivity index (χ4n) is 1.36. The molecule has 0 aromatic heterocycles. The van der Waals surface area contributed by atoms with Crippen LogP contribution in [0.3, 0.4) is 0 Å². The number of aromatic hydroxyl groups is 1. The number of fused-ring (bicyclic) bond motifs is 1. The Morgan fingerprint density at radius 1 is 1.08 bits per heavy atom. The van der Waals surface area contributed by atoms with Crippen LogP contribution in [0.4, 0.5) is 0 Å². The first-order chi connectivity index (χ1) is 6.33. The number of phenols is 1. The van der Waals surface area contributed by atoms with E-state index < -0.39 is 0 Å². The predicted molar refractivity (Wildman–Crippen MR) is 50.4 cm³/mol. The molecule has 2 aromatic carbocycles. The van der Waals surface area contributed by atoms with Crippen molar-refractivity contribution in [2.45, 2.75) is 0 Å². The number of hydrogen-bond acceptors (Lipinski definition) is 3. The molecule has 0 aliphatic carbocycles. The molecule has 0 saturated heterocycles. The molecule has 0 saturated carbocycles. The highest BCUT2D eigenvalue weighted by Crippen LogP contribution is 2.33. The average molecular weight is 175 g/mol. The monoisotopic (exact) mass is 175 g/mol. The first-order valence-corrected chi connectivity index (χ1v) is 3.90. The van der Waals surface area contributed by atoms with Crippen molar-refractivity contribution in [2.24, 2.45) is 5.90 Å². The summed E-state index contributed by atoms with van der Waals surface area (Å²) in [6.45, 7) is 0. The molecule has 0 bridgehead atoms. The van der Waals surface area contributed by atoms with Crippen LogP contribution in [0, 0.1) is 0 Å². The molecule has 3 N–H and O–H groups in total. The molecule has 0 aliphatic rings. The van der Waals surface area contributed by atoms with E-state index in [1.54, 1.807) is 6.07 Å². The van der Waals surface area contributed by atoms with Crippen LogP contribution in [0.15, 0.2) is 36.4 Å². The third kappa shape index (κ3) is 1.19. The zero-order chi connectivity index (χ0) is 9.26. The average Bonchev–Trinajstić information content (AvgIpc) is 2.18. The summed E-state index contributed by atoms with van der Waals surface area (Å²) < 4.78 is 0. The molecule has 0 amide bonds. The van der Waals surface area contributed by atoms with Gasteiger partial charge >= 0.3 is 0 Å². The maximum Gasteiger partial charge on any atom is 0.196 e. The minimum Gasteiger partial charge on any atom is -0.504 e. The summed E-state index contributed by atoms with van der Waals surface area (Å²) in [6, 6.07) is 10.9.